The third-order valence-corrected chi connectivity index (χ3v) is 10.7. The molecule has 10 nitrogen and oxygen atoms in total. The van der Waals surface area contributed by atoms with Gasteiger partial charge >= 0.3 is 11.9 Å². The van der Waals surface area contributed by atoms with Crippen LogP contribution in [0.1, 0.15) is 64.7 Å². The van der Waals surface area contributed by atoms with Gasteiger partial charge in [-0.15, -0.1) is 0 Å². The number of fused-ring (bicyclic) bond motifs is 3. The van der Waals surface area contributed by atoms with E-state index in [0.29, 0.717) is 11.1 Å². The highest BCUT2D eigenvalue weighted by Crippen LogP contribution is 2.74. The monoisotopic (exact) mass is 558 g/mol. The Balaban J connectivity index is 1.59. The van der Waals surface area contributed by atoms with Crippen LogP contribution in [0.4, 0.5) is 0 Å². The Labute approximate surface area is 232 Å². The summed E-state index contributed by atoms with van der Waals surface area (Å²) < 4.78 is 24.5. The molecule has 3 aliphatic carbocycles. The summed E-state index contributed by atoms with van der Waals surface area (Å²) in [4.78, 5) is 27.2. The van der Waals surface area contributed by atoms with E-state index in [-0.39, 0.29) is 25.0 Å². The maximum absolute atomic E-state index is 13.9. The third-order valence-electron chi connectivity index (χ3n) is 10.7. The summed E-state index contributed by atoms with van der Waals surface area (Å²) in [7, 11) is 0. The highest BCUT2D eigenvalue weighted by atomic mass is 16.8. The molecule has 6 rings (SSSR count). The maximum atomic E-state index is 13.9. The Morgan fingerprint density at radius 2 is 1.70 bits per heavy atom. The van der Waals surface area contributed by atoms with Crippen LogP contribution < -0.4 is 0 Å². The van der Waals surface area contributed by atoms with Crippen molar-refractivity contribution < 1.29 is 49.0 Å². The number of benzene rings is 1. The molecule has 0 aromatic heterocycles. The molecule has 0 amide bonds. The van der Waals surface area contributed by atoms with Gasteiger partial charge in [0.15, 0.2) is 11.4 Å². The molecule has 1 aromatic rings. The molecule has 1 spiro atoms. The summed E-state index contributed by atoms with van der Waals surface area (Å²) in [5.74, 6) is -3.97. The van der Waals surface area contributed by atoms with Crippen LogP contribution in [0.3, 0.4) is 0 Å². The molecule has 4 fully saturated rings. The average molecular weight is 559 g/mol. The summed E-state index contributed by atoms with van der Waals surface area (Å²) in [6, 6.07) is 8.38. The van der Waals surface area contributed by atoms with Crippen LogP contribution in [0.5, 0.6) is 0 Å². The van der Waals surface area contributed by atoms with Gasteiger partial charge in [0, 0.05) is 17.8 Å². The minimum absolute atomic E-state index is 0.0185. The van der Waals surface area contributed by atoms with Crippen LogP contribution >= 0.6 is 0 Å². The normalized spacial score (nSPS) is 46.5. The second-order valence-corrected chi connectivity index (χ2v) is 13.3. The fourth-order valence-electron chi connectivity index (χ4n) is 8.79. The van der Waals surface area contributed by atoms with Gasteiger partial charge in [-0.2, -0.15) is 0 Å². The molecule has 2 saturated heterocycles. The number of hydrogen-bond donors (Lipinski definition) is 4. The molecule has 218 valence electrons. The topological polar surface area (TPSA) is 152 Å². The summed E-state index contributed by atoms with van der Waals surface area (Å²) >= 11 is 0. The summed E-state index contributed by atoms with van der Waals surface area (Å²) in [5.41, 5.74) is -7.67. The molecule has 5 aliphatic rings. The van der Waals surface area contributed by atoms with E-state index in [1.165, 1.54) is 6.92 Å². The number of aliphatic hydroxyl groups excluding tert-OH is 3. The van der Waals surface area contributed by atoms with E-state index in [4.69, 9.17) is 18.9 Å². The predicted octanol–water partition coefficient (Wildman–Crippen LogP) is 1.63. The Bertz CT molecular complexity index is 1300. The molecule has 9 atom stereocenters. The lowest BCUT2D eigenvalue weighted by Crippen LogP contribution is -2.85. The first-order valence-electron chi connectivity index (χ1n) is 13.8. The Kier molecular flexibility index (Phi) is 5.66. The predicted molar refractivity (Wildman–Crippen MR) is 139 cm³/mol. The van der Waals surface area contributed by atoms with E-state index >= 15 is 0 Å². The average Bonchev–Trinajstić information content (AvgIpc) is 3.35. The fourth-order valence-corrected chi connectivity index (χ4v) is 8.79. The van der Waals surface area contributed by atoms with Crippen molar-refractivity contribution in [1.82, 2.24) is 0 Å². The Hall–Kier alpha value is -2.34. The molecule has 40 heavy (non-hydrogen) atoms. The SMILES string of the molecule is CC1=C2C3(O)C(=O)OC(C)(C)C2(CC1O)C(O)C1C2(COC(C)(C)O2)C(OC(=O)c2ccccc2)CC(O)C13C. The van der Waals surface area contributed by atoms with E-state index in [9.17, 15) is 30.0 Å². The zero-order chi connectivity index (χ0) is 29.3. The van der Waals surface area contributed by atoms with Gasteiger partial charge in [0.2, 0.25) is 0 Å². The summed E-state index contributed by atoms with van der Waals surface area (Å²) in [6.07, 6.45) is -5.26. The van der Waals surface area contributed by atoms with Crippen molar-refractivity contribution in [2.75, 3.05) is 6.61 Å². The van der Waals surface area contributed by atoms with Crippen molar-refractivity contribution in [1.29, 1.82) is 0 Å². The van der Waals surface area contributed by atoms with Crippen LogP contribution in [0.2, 0.25) is 0 Å². The smallest absolute Gasteiger partial charge is 0.343 e. The molecule has 0 radical (unpaired) electrons. The number of carbonyl (C=O) groups excluding carboxylic acids is 2. The zero-order valence-corrected chi connectivity index (χ0v) is 23.6. The largest absolute Gasteiger partial charge is 0.456 e. The molecule has 2 aliphatic heterocycles. The minimum atomic E-state index is -2.41. The van der Waals surface area contributed by atoms with Gasteiger partial charge in [0.05, 0.1) is 35.9 Å². The van der Waals surface area contributed by atoms with Gasteiger partial charge in [-0.25, -0.2) is 9.59 Å². The quantitative estimate of drug-likeness (QED) is 0.311. The second-order valence-electron chi connectivity index (χ2n) is 13.3. The molecule has 2 heterocycles. The van der Waals surface area contributed by atoms with Crippen molar-refractivity contribution in [2.24, 2.45) is 16.7 Å². The molecule has 9 unspecified atom stereocenters. The maximum Gasteiger partial charge on any atom is 0.343 e. The van der Waals surface area contributed by atoms with Gasteiger partial charge < -0.3 is 39.4 Å². The third kappa shape index (κ3) is 3.04. The van der Waals surface area contributed by atoms with Crippen molar-refractivity contribution >= 4 is 11.9 Å². The summed E-state index contributed by atoms with van der Waals surface area (Å²) in [6.45, 7) is 9.70. The Morgan fingerprint density at radius 3 is 2.30 bits per heavy atom. The summed E-state index contributed by atoms with van der Waals surface area (Å²) in [5, 5.41) is 48.1. The van der Waals surface area contributed by atoms with E-state index in [1.54, 1.807) is 65.0 Å². The Morgan fingerprint density at radius 1 is 1.05 bits per heavy atom. The first-order chi connectivity index (χ1) is 18.5. The first kappa shape index (κ1) is 27.8. The molecule has 1 aromatic carbocycles. The lowest BCUT2D eigenvalue weighted by molar-refractivity contribution is -0.343. The first-order valence-corrected chi connectivity index (χ1v) is 13.8. The molecular weight excluding hydrogens is 520 g/mol. The molecular formula is C30H38O10. The van der Waals surface area contributed by atoms with E-state index in [2.05, 4.69) is 0 Å². The number of hydrogen-bond acceptors (Lipinski definition) is 10. The number of carbonyl (C=O) groups is 2. The van der Waals surface area contributed by atoms with E-state index < -0.39 is 75.7 Å². The highest BCUT2D eigenvalue weighted by molar-refractivity contribution is 5.90. The van der Waals surface area contributed by atoms with Gasteiger partial charge in [0.1, 0.15) is 17.3 Å². The molecule has 10 heteroatoms. The zero-order valence-electron chi connectivity index (χ0n) is 23.6. The number of aliphatic hydroxyl groups is 4. The fraction of sp³-hybridized carbons (Fsp3) is 0.667. The lowest BCUT2D eigenvalue weighted by atomic mass is 9.38. The molecule has 2 saturated carbocycles. The van der Waals surface area contributed by atoms with Gasteiger partial charge in [0.25, 0.3) is 0 Å². The van der Waals surface area contributed by atoms with Gasteiger partial charge in [-0.3, -0.25) is 0 Å². The number of rotatable bonds is 2. The number of cyclic esters (lactones) is 1. The van der Waals surface area contributed by atoms with Crippen LogP contribution in [0.15, 0.2) is 41.5 Å². The van der Waals surface area contributed by atoms with Crippen LogP contribution in [-0.4, -0.2) is 86.0 Å². The molecule has 2 bridgehead atoms. The molecule has 4 N–H and O–H groups in total. The highest BCUT2D eigenvalue weighted by Gasteiger charge is 2.86. The van der Waals surface area contributed by atoms with Gasteiger partial charge in [-0.05, 0) is 64.3 Å². The van der Waals surface area contributed by atoms with Crippen molar-refractivity contribution in [3.8, 4) is 0 Å². The van der Waals surface area contributed by atoms with E-state index in [0.717, 1.165) is 0 Å². The van der Waals surface area contributed by atoms with E-state index in [1.807, 2.05) is 0 Å². The van der Waals surface area contributed by atoms with Crippen LogP contribution in [0.25, 0.3) is 0 Å². The standard InChI is InChI=1S/C30H38O10/c1-15-17(31)13-28-20(15)30(36,24(35)39-25(28,2)3)27(6)18(32)12-19(38-23(34)16-10-8-7-9-11-16)29(21(27)22(28)33)14-37-26(4,5)40-29/h7-11,17-19,21-22,31-33,36H,12-14H2,1-6H3. The van der Waals surface area contributed by atoms with Gasteiger partial charge in [-0.1, -0.05) is 25.1 Å². The lowest BCUT2D eigenvalue weighted by Gasteiger charge is -2.71. The second kappa shape index (κ2) is 8.14. The number of esters is 2. The van der Waals surface area contributed by atoms with Crippen molar-refractivity contribution in [3.05, 3.63) is 47.0 Å². The van der Waals surface area contributed by atoms with Crippen molar-refractivity contribution in [3.63, 3.8) is 0 Å². The van der Waals surface area contributed by atoms with Crippen LogP contribution in [0, 0.1) is 16.7 Å². The van der Waals surface area contributed by atoms with Crippen molar-refractivity contribution in [2.45, 2.75) is 101 Å². The van der Waals surface area contributed by atoms with Crippen LogP contribution in [-0.2, 0) is 23.7 Å². The number of ether oxygens (including phenoxy) is 4. The minimum Gasteiger partial charge on any atom is -0.456 e.